The third kappa shape index (κ3) is 5.78. The Labute approximate surface area is 208 Å². The van der Waals surface area contributed by atoms with Crippen LogP contribution < -0.4 is 10.2 Å². The Morgan fingerprint density at radius 1 is 1.23 bits per heavy atom. The molecular weight excluding hydrogens is 471 g/mol. The van der Waals surface area contributed by atoms with Crippen LogP contribution in [0.1, 0.15) is 18.1 Å². The average molecular weight is 497 g/mol. The quantitative estimate of drug-likeness (QED) is 0.361. The van der Waals surface area contributed by atoms with E-state index in [1.54, 1.807) is 19.2 Å². The van der Waals surface area contributed by atoms with Crippen LogP contribution in [-0.2, 0) is 14.3 Å². The minimum atomic E-state index is -0.488. The van der Waals surface area contributed by atoms with Crippen LogP contribution in [0.4, 0.5) is 21.8 Å². The van der Waals surface area contributed by atoms with Gasteiger partial charge in [0.25, 0.3) is 0 Å². The van der Waals surface area contributed by atoms with Gasteiger partial charge in [0.2, 0.25) is 5.95 Å². The van der Waals surface area contributed by atoms with Crippen molar-refractivity contribution in [3.05, 3.63) is 70.1 Å². The molecule has 0 atom stereocenters. The van der Waals surface area contributed by atoms with Crippen molar-refractivity contribution in [1.82, 2.24) is 9.97 Å². The standard InChI is InChI=1S/C26H26ClFN4O3/c1-16-12-19(5-4-18(16)13-17(2)25(33)34-3)21-15-29-26(30-20-6-7-23(28)22(27)14-20)31-24(21)32-8-10-35-11-9-32/h4-7,12-15H,8-11H2,1-3H3,(H,29,30,31). The monoisotopic (exact) mass is 496 g/mol. The summed E-state index contributed by atoms with van der Waals surface area (Å²) in [6.45, 7) is 6.32. The van der Waals surface area contributed by atoms with Gasteiger partial charge in [-0.3, -0.25) is 0 Å². The highest BCUT2D eigenvalue weighted by Gasteiger charge is 2.19. The summed E-state index contributed by atoms with van der Waals surface area (Å²) in [5.74, 6) is 0.301. The van der Waals surface area contributed by atoms with Crippen LogP contribution in [0.2, 0.25) is 5.02 Å². The van der Waals surface area contributed by atoms with Gasteiger partial charge in [0.15, 0.2) is 0 Å². The molecule has 4 rings (SSSR count). The van der Waals surface area contributed by atoms with Gasteiger partial charge in [0.05, 0.1) is 25.3 Å². The van der Waals surface area contributed by atoms with Crippen LogP contribution in [0.5, 0.6) is 0 Å². The number of nitrogens with one attached hydrogen (secondary N) is 1. The molecule has 2 heterocycles. The molecule has 0 amide bonds. The minimum Gasteiger partial charge on any atom is -0.466 e. The second kappa shape index (κ2) is 10.8. The maximum Gasteiger partial charge on any atom is 0.333 e. The largest absolute Gasteiger partial charge is 0.466 e. The predicted octanol–water partition coefficient (Wildman–Crippen LogP) is 5.40. The van der Waals surface area contributed by atoms with Gasteiger partial charge < -0.3 is 19.7 Å². The number of hydrogen-bond acceptors (Lipinski definition) is 7. The van der Waals surface area contributed by atoms with E-state index in [1.165, 1.54) is 19.2 Å². The van der Waals surface area contributed by atoms with E-state index in [1.807, 2.05) is 31.2 Å². The normalized spacial score (nSPS) is 14.1. The maximum absolute atomic E-state index is 13.5. The third-order valence-corrected chi connectivity index (χ3v) is 6.00. The number of esters is 1. The van der Waals surface area contributed by atoms with Crippen molar-refractivity contribution < 1.29 is 18.7 Å². The number of hydrogen-bond donors (Lipinski definition) is 1. The van der Waals surface area contributed by atoms with Gasteiger partial charge >= 0.3 is 5.97 Å². The first-order valence-corrected chi connectivity index (χ1v) is 11.5. The van der Waals surface area contributed by atoms with E-state index in [4.69, 9.17) is 26.1 Å². The first-order valence-electron chi connectivity index (χ1n) is 11.1. The molecule has 3 aromatic rings. The summed E-state index contributed by atoms with van der Waals surface area (Å²) in [4.78, 5) is 23.2. The molecule has 0 saturated carbocycles. The molecule has 0 bridgehead atoms. The number of aromatic nitrogens is 2. The molecule has 7 nitrogen and oxygen atoms in total. The summed E-state index contributed by atoms with van der Waals surface area (Å²) in [5, 5.41) is 3.13. The molecule has 1 fully saturated rings. The fraction of sp³-hybridized carbons (Fsp3) is 0.269. The van der Waals surface area contributed by atoms with E-state index in [-0.39, 0.29) is 11.0 Å². The van der Waals surface area contributed by atoms with E-state index < -0.39 is 5.82 Å². The molecular formula is C26H26ClFN4O3. The van der Waals surface area contributed by atoms with Crippen molar-refractivity contribution in [1.29, 1.82) is 0 Å². The van der Waals surface area contributed by atoms with E-state index in [0.29, 0.717) is 43.5 Å². The number of ether oxygens (including phenoxy) is 2. The number of benzene rings is 2. The van der Waals surface area contributed by atoms with E-state index in [0.717, 1.165) is 28.1 Å². The number of halogens is 2. The van der Waals surface area contributed by atoms with Gasteiger partial charge in [0, 0.05) is 36.1 Å². The molecule has 0 aliphatic carbocycles. The number of morpholine rings is 1. The first kappa shape index (κ1) is 24.6. The Kier molecular flexibility index (Phi) is 7.63. The van der Waals surface area contributed by atoms with Crippen LogP contribution >= 0.6 is 11.6 Å². The maximum atomic E-state index is 13.5. The lowest BCUT2D eigenvalue weighted by Crippen LogP contribution is -2.37. The van der Waals surface area contributed by atoms with Gasteiger partial charge in [-0.1, -0.05) is 29.8 Å². The van der Waals surface area contributed by atoms with Crippen molar-refractivity contribution in [3.63, 3.8) is 0 Å². The summed E-state index contributed by atoms with van der Waals surface area (Å²) < 4.78 is 23.9. The van der Waals surface area contributed by atoms with Crippen molar-refractivity contribution >= 4 is 41.1 Å². The second-order valence-electron chi connectivity index (χ2n) is 8.17. The minimum absolute atomic E-state index is 0.0204. The van der Waals surface area contributed by atoms with Crippen molar-refractivity contribution in [2.75, 3.05) is 43.6 Å². The third-order valence-electron chi connectivity index (χ3n) is 5.72. The Morgan fingerprint density at radius 3 is 2.69 bits per heavy atom. The molecule has 182 valence electrons. The van der Waals surface area contributed by atoms with Gasteiger partial charge in [-0.15, -0.1) is 0 Å². The summed E-state index contributed by atoms with van der Waals surface area (Å²) in [5.41, 5.74) is 4.87. The first-order chi connectivity index (χ1) is 16.9. The number of carbonyl (C=O) groups excluding carboxylic acids is 1. The Morgan fingerprint density at radius 2 is 2.00 bits per heavy atom. The topological polar surface area (TPSA) is 76.6 Å². The fourth-order valence-corrected chi connectivity index (χ4v) is 3.99. The molecule has 0 unspecified atom stereocenters. The lowest BCUT2D eigenvalue weighted by Gasteiger charge is -2.29. The summed E-state index contributed by atoms with van der Waals surface area (Å²) in [7, 11) is 1.37. The number of methoxy groups -OCH3 is 1. The van der Waals surface area contributed by atoms with Gasteiger partial charge in [-0.2, -0.15) is 4.98 Å². The smallest absolute Gasteiger partial charge is 0.333 e. The van der Waals surface area contributed by atoms with Crippen molar-refractivity contribution in [3.8, 4) is 11.1 Å². The molecule has 0 radical (unpaired) electrons. The lowest BCUT2D eigenvalue weighted by molar-refractivity contribution is -0.135. The molecule has 9 heteroatoms. The number of aryl methyl sites for hydroxylation is 1. The Hall–Kier alpha value is -3.49. The zero-order chi connectivity index (χ0) is 24.9. The molecule has 1 aliphatic rings. The zero-order valence-corrected chi connectivity index (χ0v) is 20.5. The molecule has 0 spiro atoms. The molecule has 1 N–H and O–H groups in total. The SMILES string of the molecule is COC(=O)C(C)=Cc1ccc(-c2cnc(Nc3ccc(F)c(Cl)c3)nc2N2CCOCC2)cc1C. The van der Waals surface area contributed by atoms with Crippen molar-refractivity contribution in [2.24, 2.45) is 0 Å². The van der Waals surface area contributed by atoms with Gasteiger partial charge in [0.1, 0.15) is 11.6 Å². The number of anilines is 3. The van der Waals surface area contributed by atoms with Crippen LogP contribution in [0.3, 0.4) is 0 Å². The molecule has 1 aromatic heterocycles. The number of nitrogens with zero attached hydrogens (tertiary/aromatic N) is 3. The number of rotatable bonds is 6. The summed E-state index contributed by atoms with van der Waals surface area (Å²) in [6, 6.07) is 10.4. The summed E-state index contributed by atoms with van der Waals surface area (Å²) >= 11 is 5.92. The van der Waals surface area contributed by atoms with E-state index in [9.17, 15) is 9.18 Å². The highest BCUT2D eigenvalue weighted by atomic mass is 35.5. The summed E-state index contributed by atoms with van der Waals surface area (Å²) in [6.07, 6.45) is 3.58. The molecule has 2 aromatic carbocycles. The van der Waals surface area contributed by atoms with Crippen LogP contribution in [0, 0.1) is 12.7 Å². The second-order valence-corrected chi connectivity index (χ2v) is 8.58. The highest BCUT2D eigenvalue weighted by molar-refractivity contribution is 6.31. The van der Waals surface area contributed by atoms with Gasteiger partial charge in [-0.05, 0) is 54.8 Å². The molecule has 1 saturated heterocycles. The van der Waals surface area contributed by atoms with E-state index >= 15 is 0 Å². The fourth-order valence-electron chi connectivity index (χ4n) is 3.81. The van der Waals surface area contributed by atoms with Crippen LogP contribution in [-0.4, -0.2) is 49.4 Å². The molecule has 35 heavy (non-hydrogen) atoms. The van der Waals surface area contributed by atoms with Gasteiger partial charge in [-0.25, -0.2) is 14.2 Å². The highest BCUT2D eigenvalue weighted by Crippen LogP contribution is 2.32. The van der Waals surface area contributed by atoms with Crippen LogP contribution in [0.15, 0.2) is 48.2 Å². The van der Waals surface area contributed by atoms with E-state index in [2.05, 4.69) is 15.2 Å². The molecule has 1 aliphatic heterocycles. The Balaban J connectivity index is 1.70. The lowest BCUT2D eigenvalue weighted by atomic mass is 9.99. The average Bonchev–Trinajstić information content (AvgIpc) is 2.87. The predicted molar refractivity (Wildman–Crippen MR) is 136 cm³/mol. The van der Waals surface area contributed by atoms with Crippen molar-refractivity contribution in [2.45, 2.75) is 13.8 Å². The Bertz CT molecular complexity index is 1280. The zero-order valence-electron chi connectivity index (χ0n) is 19.8. The number of carbonyl (C=O) groups is 1. The van der Waals surface area contributed by atoms with Crippen LogP contribution in [0.25, 0.3) is 17.2 Å².